The second-order valence-electron chi connectivity index (χ2n) is 4.27. The van der Waals surface area contributed by atoms with Crippen LogP contribution in [0.3, 0.4) is 0 Å². The highest BCUT2D eigenvalue weighted by molar-refractivity contribution is 6.35. The molecule has 7 heteroatoms. The Bertz CT molecular complexity index is 871. The fraction of sp³-hybridized carbons (Fsp3) is 0. The van der Waals surface area contributed by atoms with Crippen LogP contribution in [0.4, 0.5) is 5.82 Å². The van der Waals surface area contributed by atoms with E-state index in [2.05, 4.69) is 20.5 Å². The standard InChI is InChI=1S/C14H9ClN4O2/c15-9-7-11(16-10-4-2-1-3-8(9)10)14(21)17-12-5-6-13(20)19-18-12/h1-7H,(H,19,20)(H,17,18,21). The molecular formula is C14H9ClN4O2. The number of pyridine rings is 1. The first-order valence-corrected chi connectivity index (χ1v) is 6.44. The minimum atomic E-state index is -0.456. The van der Waals surface area contributed by atoms with Gasteiger partial charge in [0.25, 0.3) is 11.5 Å². The van der Waals surface area contributed by atoms with Crippen LogP contribution in [0.5, 0.6) is 0 Å². The molecule has 104 valence electrons. The number of H-pyrrole nitrogens is 1. The number of nitrogens with one attached hydrogen (secondary N) is 2. The number of halogens is 1. The molecule has 3 rings (SSSR count). The minimum Gasteiger partial charge on any atom is -0.304 e. The van der Waals surface area contributed by atoms with Gasteiger partial charge in [0.1, 0.15) is 5.69 Å². The predicted molar refractivity (Wildman–Crippen MR) is 79.6 cm³/mol. The van der Waals surface area contributed by atoms with Gasteiger partial charge in [0.15, 0.2) is 5.82 Å². The summed E-state index contributed by atoms with van der Waals surface area (Å²) in [6.45, 7) is 0. The normalized spacial score (nSPS) is 10.5. The van der Waals surface area contributed by atoms with Crippen LogP contribution in [0.25, 0.3) is 10.9 Å². The number of para-hydroxylation sites is 1. The first-order chi connectivity index (χ1) is 10.1. The van der Waals surface area contributed by atoms with E-state index in [0.717, 1.165) is 5.39 Å². The van der Waals surface area contributed by atoms with Crippen molar-refractivity contribution in [2.24, 2.45) is 0 Å². The first kappa shape index (κ1) is 13.3. The summed E-state index contributed by atoms with van der Waals surface area (Å²) >= 11 is 6.15. The van der Waals surface area contributed by atoms with Crippen LogP contribution in [0, 0.1) is 0 Å². The lowest BCUT2D eigenvalue weighted by molar-refractivity contribution is 0.102. The largest absolute Gasteiger partial charge is 0.304 e. The average Bonchev–Trinajstić information content (AvgIpc) is 2.49. The number of nitrogens with zero attached hydrogens (tertiary/aromatic N) is 2. The Hall–Kier alpha value is -2.73. The molecule has 2 aromatic heterocycles. The Kier molecular flexibility index (Phi) is 3.37. The summed E-state index contributed by atoms with van der Waals surface area (Å²) < 4.78 is 0. The summed E-state index contributed by atoms with van der Waals surface area (Å²) in [4.78, 5) is 27.3. The molecule has 2 N–H and O–H groups in total. The monoisotopic (exact) mass is 300 g/mol. The number of hydrogen-bond donors (Lipinski definition) is 2. The lowest BCUT2D eigenvalue weighted by Crippen LogP contribution is -2.17. The number of carbonyl (C=O) groups is 1. The van der Waals surface area contributed by atoms with Crippen molar-refractivity contribution in [2.45, 2.75) is 0 Å². The second-order valence-corrected chi connectivity index (χ2v) is 4.67. The zero-order chi connectivity index (χ0) is 14.8. The summed E-state index contributed by atoms with van der Waals surface area (Å²) in [6.07, 6.45) is 0. The highest BCUT2D eigenvalue weighted by atomic mass is 35.5. The molecule has 0 aliphatic heterocycles. The van der Waals surface area contributed by atoms with Gasteiger partial charge in [0, 0.05) is 11.5 Å². The summed E-state index contributed by atoms with van der Waals surface area (Å²) in [5.74, 6) is -0.229. The van der Waals surface area contributed by atoms with Gasteiger partial charge in [-0.15, -0.1) is 0 Å². The Labute approximate surface area is 123 Å². The average molecular weight is 301 g/mol. The Morgan fingerprint density at radius 1 is 1.19 bits per heavy atom. The summed E-state index contributed by atoms with van der Waals surface area (Å²) in [5.41, 5.74) is 0.455. The number of hydrogen-bond acceptors (Lipinski definition) is 4. The van der Waals surface area contributed by atoms with Gasteiger partial charge in [-0.05, 0) is 18.2 Å². The van der Waals surface area contributed by atoms with E-state index in [1.807, 2.05) is 18.2 Å². The van der Waals surface area contributed by atoms with Crippen LogP contribution in [-0.4, -0.2) is 21.1 Å². The van der Waals surface area contributed by atoms with Crippen LogP contribution in [0.15, 0.2) is 47.3 Å². The van der Waals surface area contributed by atoms with Gasteiger partial charge in [0.05, 0.1) is 10.5 Å². The zero-order valence-electron chi connectivity index (χ0n) is 10.6. The molecular weight excluding hydrogens is 292 g/mol. The predicted octanol–water partition coefficient (Wildman–Crippen LogP) is 2.22. The van der Waals surface area contributed by atoms with Crippen molar-refractivity contribution in [3.8, 4) is 0 Å². The third kappa shape index (κ3) is 2.75. The van der Waals surface area contributed by atoms with Gasteiger partial charge in [-0.3, -0.25) is 9.59 Å². The molecule has 6 nitrogen and oxygen atoms in total. The fourth-order valence-electron chi connectivity index (χ4n) is 1.84. The number of fused-ring (bicyclic) bond motifs is 1. The smallest absolute Gasteiger partial charge is 0.275 e. The van der Waals surface area contributed by atoms with Gasteiger partial charge in [-0.1, -0.05) is 29.8 Å². The van der Waals surface area contributed by atoms with E-state index < -0.39 is 5.91 Å². The van der Waals surface area contributed by atoms with E-state index in [4.69, 9.17) is 11.6 Å². The van der Waals surface area contributed by atoms with Gasteiger partial charge in [0.2, 0.25) is 0 Å². The molecule has 2 heterocycles. The molecule has 1 amide bonds. The summed E-state index contributed by atoms with van der Waals surface area (Å²) in [7, 11) is 0. The van der Waals surface area contributed by atoms with Gasteiger partial charge >= 0.3 is 0 Å². The fourth-order valence-corrected chi connectivity index (χ4v) is 2.11. The minimum absolute atomic E-state index is 0.173. The van der Waals surface area contributed by atoms with Crippen molar-refractivity contribution in [1.29, 1.82) is 0 Å². The van der Waals surface area contributed by atoms with Gasteiger partial charge in [-0.25, -0.2) is 10.1 Å². The van der Waals surface area contributed by atoms with Crippen LogP contribution in [0.1, 0.15) is 10.5 Å². The van der Waals surface area contributed by atoms with Crippen molar-refractivity contribution < 1.29 is 4.79 Å². The van der Waals surface area contributed by atoms with E-state index in [-0.39, 0.29) is 17.1 Å². The third-order valence-corrected chi connectivity index (χ3v) is 3.13. The molecule has 0 saturated heterocycles. The number of benzene rings is 1. The Morgan fingerprint density at radius 2 is 2.00 bits per heavy atom. The molecule has 0 bridgehead atoms. The van der Waals surface area contributed by atoms with E-state index in [0.29, 0.717) is 10.5 Å². The van der Waals surface area contributed by atoms with E-state index in [1.54, 1.807) is 6.07 Å². The van der Waals surface area contributed by atoms with Crippen LogP contribution >= 0.6 is 11.6 Å². The molecule has 3 aromatic rings. The molecule has 0 atom stereocenters. The quantitative estimate of drug-likeness (QED) is 0.759. The Balaban J connectivity index is 1.94. The number of anilines is 1. The SMILES string of the molecule is O=C(Nc1ccc(=O)[nH]n1)c1cc(Cl)c2ccccc2n1. The lowest BCUT2D eigenvalue weighted by atomic mass is 10.2. The first-order valence-electron chi connectivity index (χ1n) is 6.06. The van der Waals surface area contributed by atoms with Crippen molar-refractivity contribution >= 4 is 34.2 Å². The van der Waals surface area contributed by atoms with Crippen molar-refractivity contribution in [3.63, 3.8) is 0 Å². The lowest BCUT2D eigenvalue weighted by Gasteiger charge is -2.06. The number of rotatable bonds is 2. The highest BCUT2D eigenvalue weighted by Crippen LogP contribution is 2.23. The Morgan fingerprint density at radius 3 is 2.76 bits per heavy atom. The highest BCUT2D eigenvalue weighted by Gasteiger charge is 2.12. The zero-order valence-corrected chi connectivity index (χ0v) is 11.4. The van der Waals surface area contributed by atoms with Crippen molar-refractivity contribution in [1.82, 2.24) is 15.2 Å². The second kappa shape index (κ2) is 5.34. The molecule has 0 aliphatic carbocycles. The summed E-state index contributed by atoms with van der Waals surface area (Å²) in [6, 6.07) is 11.4. The maximum Gasteiger partial charge on any atom is 0.275 e. The molecule has 21 heavy (non-hydrogen) atoms. The van der Waals surface area contributed by atoms with Gasteiger partial charge in [-0.2, -0.15) is 5.10 Å². The van der Waals surface area contributed by atoms with Crippen molar-refractivity contribution in [3.05, 3.63) is 63.5 Å². The van der Waals surface area contributed by atoms with E-state index in [9.17, 15) is 9.59 Å². The van der Waals surface area contributed by atoms with Crippen LogP contribution in [-0.2, 0) is 0 Å². The van der Waals surface area contributed by atoms with Gasteiger partial charge < -0.3 is 5.32 Å². The molecule has 0 radical (unpaired) electrons. The maximum atomic E-state index is 12.1. The molecule has 0 fully saturated rings. The summed E-state index contributed by atoms with van der Waals surface area (Å²) in [5, 5.41) is 9.69. The molecule has 0 spiro atoms. The van der Waals surface area contributed by atoms with Crippen LogP contribution < -0.4 is 10.9 Å². The number of aromatic amines is 1. The molecule has 1 aromatic carbocycles. The molecule has 0 aliphatic rings. The van der Waals surface area contributed by atoms with E-state index >= 15 is 0 Å². The number of amides is 1. The van der Waals surface area contributed by atoms with Crippen LogP contribution in [0.2, 0.25) is 5.02 Å². The van der Waals surface area contributed by atoms with E-state index in [1.165, 1.54) is 18.2 Å². The maximum absolute atomic E-state index is 12.1. The molecule has 0 saturated carbocycles. The van der Waals surface area contributed by atoms with Crippen molar-refractivity contribution in [2.75, 3.05) is 5.32 Å². The topological polar surface area (TPSA) is 87.7 Å². The number of carbonyl (C=O) groups excluding carboxylic acids is 1. The number of aromatic nitrogens is 3. The third-order valence-electron chi connectivity index (χ3n) is 2.82. The molecule has 0 unspecified atom stereocenters.